The van der Waals surface area contributed by atoms with Crippen LogP contribution in [0.15, 0.2) is 18.2 Å². The molecule has 0 saturated heterocycles. The Morgan fingerprint density at radius 1 is 1.27 bits per heavy atom. The van der Waals surface area contributed by atoms with Crippen LogP contribution in [0.4, 0.5) is 0 Å². The molecule has 6 nitrogen and oxygen atoms in total. The van der Waals surface area contributed by atoms with E-state index in [2.05, 4.69) is 59.5 Å². The molecule has 0 spiro atoms. The third-order valence-electron chi connectivity index (χ3n) is 5.43. The summed E-state index contributed by atoms with van der Waals surface area (Å²) in [5.74, 6) is -0.135. The highest BCUT2D eigenvalue weighted by Gasteiger charge is 2.23. The second kappa shape index (κ2) is 7.99. The summed E-state index contributed by atoms with van der Waals surface area (Å²) in [4.78, 5) is 15.0. The quantitative estimate of drug-likeness (QED) is 0.865. The number of nitrogens with zero attached hydrogens (tertiary/aromatic N) is 4. The third-order valence-corrected chi connectivity index (χ3v) is 5.43. The van der Waals surface area contributed by atoms with Gasteiger partial charge in [-0.2, -0.15) is 0 Å². The topological polar surface area (TPSA) is 63.1 Å². The van der Waals surface area contributed by atoms with E-state index in [-0.39, 0.29) is 11.9 Å². The number of benzene rings is 1. The molecule has 1 aromatic carbocycles. The number of aromatic nitrogens is 3. The summed E-state index contributed by atoms with van der Waals surface area (Å²) in [7, 11) is 0. The van der Waals surface area contributed by atoms with Crippen molar-refractivity contribution in [2.75, 3.05) is 13.1 Å². The number of hydrogen-bond acceptors (Lipinski definition) is 4. The fourth-order valence-corrected chi connectivity index (χ4v) is 3.63. The van der Waals surface area contributed by atoms with Crippen LogP contribution >= 0.6 is 0 Å². The number of amides is 1. The Hall–Kier alpha value is -2.21. The zero-order valence-electron chi connectivity index (χ0n) is 16.2. The minimum Gasteiger partial charge on any atom is -0.348 e. The van der Waals surface area contributed by atoms with Gasteiger partial charge in [-0.25, -0.2) is 4.68 Å². The molecule has 26 heavy (non-hydrogen) atoms. The largest absolute Gasteiger partial charge is 0.348 e. The molecule has 1 N–H and O–H groups in total. The van der Waals surface area contributed by atoms with Gasteiger partial charge in [0, 0.05) is 19.1 Å². The summed E-state index contributed by atoms with van der Waals surface area (Å²) in [6, 6.07) is 6.51. The zero-order valence-corrected chi connectivity index (χ0v) is 16.2. The Labute approximate surface area is 155 Å². The summed E-state index contributed by atoms with van der Waals surface area (Å²) < 4.78 is 1.82. The molecule has 2 heterocycles. The van der Waals surface area contributed by atoms with Gasteiger partial charge in [0.25, 0.3) is 5.91 Å². The molecule has 0 radical (unpaired) electrons. The maximum absolute atomic E-state index is 12.6. The van der Waals surface area contributed by atoms with Gasteiger partial charge in [-0.15, -0.1) is 5.10 Å². The van der Waals surface area contributed by atoms with Crippen LogP contribution in [-0.4, -0.2) is 44.9 Å². The predicted molar refractivity (Wildman–Crippen MR) is 103 cm³/mol. The van der Waals surface area contributed by atoms with Crippen LogP contribution in [0.3, 0.4) is 0 Å². The molecule has 140 valence electrons. The molecule has 1 aromatic heterocycles. The molecular formula is C20H29N5O. The van der Waals surface area contributed by atoms with E-state index in [9.17, 15) is 4.79 Å². The molecule has 0 saturated carbocycles. The Morgan fingerprint density at radius 2 is 2.04 bits per heavy atom. The highest BCUT2D eigenvalue weighted by atomic mass is 16.2. The fourth-order valence-electron chi connectivity index (χ4n) is 3.63. The van der Waals surface area contributed by atoms with Gasteiger partial charge in [-0.05, 0) is 49.9 Å². The Balaban J connectivity index is 1.90. The highest BCUT2D eigenvalue weighted by Crippen LogP contribution is 2.26. The fraction of sp³-hybridized carbons (Fsp3) is 0.550. The molecule has 0 atom stereocenters. The van der Waals surface area contributed by atoms with Gasteiger partial charge in [0.15, 0.2) is 5.69 Å². The number of carbonyl (C=O) groups is 1. The number of likely N-dealkylation sites (N-methyl/N-ethyl adjacent to an activating group) is 1. The van der Waals surface area contributed by atoms with Crippen molar-refractivity contribution < 1.29 is 4.79 Å². The summed E-state index contributed by atoms with van der Waals surface area (Å²) in [5, 5.41) is 11.5. The first-order valence-corrected chi connectivity index (χ1v) is 9.65. The molecule has 1 aliphatic rings. The van der Waals surface area contributed by atoms with Gasteiger partial charge < -0.3 is 5.32 Å². The van der Waals surface area contributed by atoms with Crippen molar-refractivity contribution in [1.82, 2.24) is 25.2 Å². The number of nitrogens with one attached hydrogen (secondary N) is 1. The van der Waals surface area contributed by atoms with E-state index in [4.69, 9.17) is 0 Å². The van der Waals surface area contributed by atoms with Crippen molar-refractivity contribution >= 4 is 5.91 Å². The van der Waals surface area contributed by atoms with Crippen molar-refractivity contribution in [1.29, 1.82) is 0 Å². The Kier molecular flexibility index (Phi) is 5.71. The lowest BCUT2D eigenvalue weighted by Gasteiger charge is -2.29. The van der Waals surface area contributed by atoms with E-state index in [0.29, 0.717) is 5.69 Å². The van der Waals surface area contributed by atoms with Crippen molar-refractivity contribution in [2.45, 2.75) is 59.5 Å². The third kappa shape index (κ3) is 3.51. The van der Waals surface area contributed by atoms with E-state index >= 15 is 0 Å². The van der Waals surface area contributed by atoms with Crippen LogP contribution in [0.25, 0.3) is 5.69 Å². The molecule has 0 aliphatic carbocycles. The summed E-state index contributed by atoms with van der Waals surface area (Å²) in [6.45, 7) is 11.4. The van der Waals surface area contributed by atoms with Gasteiger partial charge in [0.1, 0.15) is 0 Å². The van der Waals surface area contributed by atoms with E-state index in [1.165, 1.54) is 11.1 Å². The van der Waals surface area contributed by atoms with Crippen molar-refractivity contribution in [2.24, 2.45) is 0 Å². The molecule has 2 aromatic rings. The zero-order chi connectivity index (χ0) is 18.7. The molecule has 0 fully saturated rings. The van der Waals surface area contributed by atoms with E-state index in [0.717, 1.165) is 50.3 Å². The second-order valence-corrected chi connectivity index (χ2v) is 6.96. The number of hydrogen-bond donors (Lipinski definition) is 1. The predicted octanol–water partition coefficient (Wildman–Crippen LogP) is 2.87. The second-order valence-electron chi connectivity index (χ2n) is 6.96. The van der Waals surface area contributed by atoms with Crippen LogP contribution in [0, 0.1) is 6.92 Å². The maximum atomic E-state index is 12.6. The smallest absolute Gasteiger partial charge is 0.273 e. The summed E-state index contributed by atoms with van der Waals surface area (Å²) >= 11 is 0. The molecule has 1 amide bonds. The average molecular weight is 355 g/mol. The van der Waals surface area contributed by atoms with Crippen molar-refractivity contribution in [3.05, 3.63) is 40.7 Å². The lowest BCUT2D eigenvalue weighted by atomic mass is 9.97. The monoisotopic (exact) mass is 355 g/mol. The first-order chi connectivity index (χ1) is 12.6. The first-order valence-electron chi connectivity index (χ1n) is 9.65. The van der Waals surface area contributed by atoms with Crippen molar-refractivity contribution in [3.8, 4) is 5.69 Å². The van der Waals surface area contributed by atoms with Crippen molar-refractivity contribution in [3.63, 3.8) is 0 Å². The minimum atomic E-state index is -0.135. The summed E-state index contributed by atoms with van der Waals surface area (Å²) in [5.41, 5.74) is 4.91. The van der Waals surface area contributed by atoms with Gasteiger partial charge in [-0.3, -0.25) is 9.69 Å². The standard InChI is InChI=1S/C20H29N5O/c1-5-16(6-2)21-20(26)19-14(4)25(23-22-19)18-10-8-9-15-13-24(7-3)12-11-17(15)18/h8-10,16H,5-7,11-13H2,1-4H3,(H,21,26). The molecular weight excluding hydrogens is 326 g/mol. The molecule has 6 heteroatoms. The Morgan fingerprint density at radius 3 is 2.73 bits per heavy atom. The number of fused-ring (bicyclic) bond motifs is 1. The van der Waals surface area contributed by atoms with Crippen LogP contribution in [-0.2, 0) is 13.0 Å². The number of rotatable bonds is 6. The van der Waals surface area contributed by atoms with Crippen LogP contribution in [0.1, 0.15) is 60.9 Å². The van der Waals surface area contributed by atoms with Crippen LogP contribution < -0.4 is 5.32 Å². The maximum Gasteiger partial charge on any atom is 0.273 e. The lowest BCUT2D eigenvalue weighted by Crippen LogP contribution is -2.34. The van der Waals surface area contributed by atoms with E-state index in [1.54, 1.807) is 0 Å². The Bertz CT molecular complexity index is 779. The van der Waals surface area contributed by atoms with Gasteiger partial charge in [-0.1, -0.05) is 38.1 Å². The van der Waals surface area contributed by atoms with E-state index < -0.39 is 0 Å². The normalized spacial score (nSPS) is 14.5. The highest BCUT2D eigenvalue weighted by molar-refractivity contribution is 5.93. The van der Waals surface area contributed by atoms with Gasteiger partial charge in [0.2, 0.25) is 0 Å². The SMILES string of the molecule is CCC(CC)NC(=O)c1nnn(-c2cccc3c2CCN(CC)C3)c1C. The van der Waals surface area contributed by atoms with Gasteiger partial charge >= 0.3 is 0 Å². The van der Waals surface area contributed by atoms with Crippen LogP contribution in [0.5, 0.6) is 0 Å². The first kappa shape index (κ1) is 18.6. The molecule has 0 unspecified atom stereocenters. The molecule has 1 aliphatic heterocycles. The molecule has 0 bridgehead atoms. The lowest BCUT2D eigenvalue weighted by molar-refractivity contribution is 0.0929. The van der Waals surface area contributed by atoms with Gasteiger partial charge in [0.05, 0.1) is 11.4 Å². The summed E-state index contributed by atoms with van der Waals surface area (Å²) in [6.07, 6.45) is 2.82. The average Bonchev–Trinajstić information content (AvgIpc) is 3.06. The molecule has 3 rings (SSSR count). The minimum absolute atomic E-state index is 0.135. The van der Waals surface area contributed by atoms with Crippen LogP contribution in [0.2, 0.25) is 0 Å². The number of carbonyl (C=O) groups excluding carboxylic acids is 1. The van der Waals surface area contributed by atoms with E-state index in [1.807, 2.05) is 11.6 Å².